The first kappa shape index (κ1) is 18.3. The summed E-state index contributed by atoms with van der Waals surface area (Å²) < 4.78 is 7.20. The Bertz CT molecular complexity index is 1170. The number of hydrogen-bond donors (Lipinski definition) is 1. The number of hydrogen-bond acceptors (Lipinski definition) is 4. The predicted molar refractivity (Wildman–Crippen MR) is 115 cm³/mol. The van der Waals surface area contributed by atoms with Gasteiger partial charge in [-0.25, -0.2) is 9.67 Å². The number of nitrogens with zero attached hydrogens (tertiary/aromatic N) is 4. The van der Waals surface area contributed by atoms with Gasteiger partial charge in [-0.2, -0.15) is 5.10 Å². The fourth-order valence-electron chi connectivity index (χ4n) is 3.55. The van der Waals surface area contributed by atoms with E-state index in [4.69, 9.17) is 4.74 Å². The van der Waals surface area contributed by atoms with Gasteiger partial charge in [-0.05, 0) is 30.3 Å². The molecular weight excluding hydrogens is 378 g/mol. The Hall–Kier alpha value is -3.71. The van der Waals surface area contributed by atoms with Crippen molar-refractivity contribution in [1.29, 1.82) is 0 Å². The van der Waals surface area contributed by atoms with E-state index in [1.165, 1.54) is 0 Å². The molecule has 7 heteroatoms. The van der Waals surface area contributed by atoms with Crippen LogP contribution in [0.25, 0.3) is 28.4 Å². The van der Waals surface area contributed by atoms with Gasteiger partial charge in [0.25, 0.3) is 5.91 Å². The van der Waals surface area contributed by atoms with Gasteiger partial charge in [-0.1, -0.05) is 30.3 Å². The lowest BCUT2D eigenvalue weighted by molar-refractivity contribution is -0.128. The smallest absolute Gasteiger partial charge is 0.257 e. The van der Waals surface area contributed by atoms with Crippen molar-refractivity contribution in [2.24, 2.45) is 0 Å². The van der Waals surface area contributed by atoms with Crippen LogP contribution in [-0.4, -0.2) is 56.9 Å². The van der Waals surface area contributed by atoms with Crippen LogP contribution in [0.5, 0.6) is 0 Å². The number of nitrogens with one attached hydrogen (secondary N) is 1. The van der Waals surface area contributed by atoms with Gasteiger partial charge in [0.15, 0.2) is 0 Å². The molecule has 0 spiro atoms. The topological polar surface area (TPSA) is 76.0 Å². The highest BCUT2D eigenvalue weighted by Crippen LogP contribution is 2.22. The number of benzene rings is 2. The van der Waals surface area contributed by atoms with Gasteiger partial charge in [0, 0.05) is 24.8 Å². The van der Waals surface area contributed by atoms with E-state index in [-0.39, 0.29) is 5.91 Å². The summed E-state index contributed by atoms with van der Waals surface area (Å²) in [5.74, 6) is 0.491. The molecule has 150 valence electrons. The van der Waals surface area contributed by atoms with Crippen molar-refractivity contribution in [2.75, 3.05) is 26.3 Å². The largest absolute Gasteiger partial charge is 0.378 e. The summed E-state index contributed by atoms with van der Waals surface area (Å²) in [5, 5.41) is 4.44. The number of carbonyl (C=O) groups is 1. The third kappa shape index (κ3) is 3.62. The van der Waals surface area contributed by atoms with Gasteiger partial charge >= 0.3 is 0 Å². The van der Waals surface area contributed by atoms with Crippen LogP contribution in [0.2, 0.25) is 0 Å². The second kappa shape index (κ2) is 7.96. The van der Waals surface area contributed by atoms with E-state index in [0.29, 0.717) is 37.7 Å². The molecule has 1 saturated heterocycles. The van der Waals surface area contributed by atoms with E-state index >= 15 is 0 Å². The fraction of sp³-hybridized carbons (Fsp3) is 0.174. The number of aromatic amines is 1. The van der Waals surface area contributed by atoms with Gasteiger partial charge in [-0.15, -0.1) is 0 Å². The van der Waals surface area contributed by atoms with Gasteiger partial charge in [-0.3, -0.25) is 4.79 Å². The zero-order valence-electron chi connectivity index (χ0n) is 16.4. The molecule has 0 aliphatic carbocycles. The Kier molecular flexibility index (Phi) is 4.86. The number of H-pyrrole nitrogens is 1. The Morgan fingerprint density at radius 3 is 2.60 bits per heavy atom. The maximum Gasteiger partial charge on any atom is 0.257 e. The van der Waals surface area contributed by atoms with Crippen molar-refractivity contribution >= 4 is 28.6 Å². The minimum absolute atomic E-state index is 0.0650. The number of amides is 1. The average molecular weight is 399 g/mol. The molecule has 1 fully saturated rings. The summed E-state index contributed by atoms with van der Waals surface area (Å²) in [5.41, 5.74) is 4.03. The van der Waals surface area contributed by atoms with E-state index < -0.39 is 0 Å². The van der Waals surface area contributed by atoms with Crippen LogP contribution in [0.15, 0.2) is 67.0 Å². The Labute approximate surface area is 173 Å². The maximum atomic E-state index is 13.4. The molecule has 1 aliphatic rings. The first-order chi connectivity index (χ1) is 14.8. The summed E-state index contributed by atoms with van der Waals surface area (Å²) >= 11 is 0. The number of morpholine rings is 1. The number of para-hydroxylation sites is 3. The lowest BCUT2D eigenvalue weighted by atomic mass is 10.1. The highest BCUT2D eigenvalue weighted by atomic mass is 16.5. The summed E-state index contributed by atoms with van der Waals surface area (Å²) in [6.45, 7) is 2.23. The molecule has 0 atom stereocenters. The molecular formula is C23H21N5O2. The van der Waals surface area contributed by atoms with E-state index in [9.17, 15) is 4.79 Å². The highest BCUT2D eigenvalue weighted by Gasteiger charge is 2.24. The quantitative estimate of drug-likeness (QED) is 0.535. The molecule has 2 aromatic carbocycles. The molecule has 3 heterocycles. The summed E-state index contributed by atoms with van der Waals surface area (Å²) in [6.07, 6.45) is 5.51. The molecule has 0 bridgehead atoms. The second-order valence-corrected chi connectivity index (χ2v) is 7.12. The first-order valence-corrected chi connectivity index (χ1v) is 9.92. The number of imidazole rings is 1. The zero-order valence-corrected chi connectivity index (χ0v) is 16.4. The molecule has 1 aliphatic heterocycles. The van der Waals surface area contributed by atoms with E-state index in [0.717, 1.165) is 22.3 Å². The number of rotatable bonds is 4. The van der Waals surface area contributed by atoms with Crippen LogP contribution < -0.4 is 0 Å². The Morgan fingerprint density at radius 2 is 1.80 bits per heavy atom. The Balaban J connectivity index is 1.55. The van der Waals surface area contributed by atoms with Gasteiger partial charge in [0.05, 0.1) is 41.7 Å². The highest BCUT2D eigenvalue weighted by molar-refractivity contribution is 6.23. The van der Waals surface area contributed by atoms with Crippen LogP contribution in [-0.2, 0) is 9.53 Å². The first-order valence-electron chi connectivity index (χ1n) is 9.92. The van der Waals surface area contributed by atoms with E-state index in [1.807, 2.05) is 71.8 Å². The van der Waals surface area contributed by atoms with Crippen LogP contribution in [0.4, 0.5) is 0 Å². The van der Waals surface area contributed by atoms with Crippen LogP contribution in [0, 0.1) is 0 Å². The fourth-order valence-corrected chi connectivity index (χ4v) is 3.55. The maximum absolute atomic E-state index is 13.4. The van der Waals surface area contributed by atoms with Crippen molar-refractivity contribution in [3.8, 4) is 5.69 Å². The minimum atomic E-state index is -0.0650. The minimum Gasteiger partial charge on any atom is -0.378 e. The molecule has 0 saturated carbocycles. The zero-order chi connectivity index (χ0) is 20.3. The normalized spacial score (nSPS) is 14.9. The van der Waals surface area contributed by atoms with Crippen LogP contribution >= 0.6 is 0 Å². The molecule has 5 rings (SSSR count). The third-order valence-electron chi connectivity index (χ3n) is 5.11. The summed E-state index contributed by atoms with van der Waals surface area (Å²) in [4.78, 5) is 23.1. The molecule has 0 radical (unpaired) electrons. The summed E-state index contributed by atoms with van der Waals surface area (Å²) in [7, 11) is 0. The lowest BCUT2D eigenvalue weighted by Gasteiger charge is -2.27. The third-order valence-corrected chi connectivity index (χ3v) is 5.11. The molecule has 0 unspecified atom stereocenters. The van der Waals surface area contributed by atoms with Crippen LogP contribution in [0.3, 0.4) is 0 Å². The van der Waals surface area contributed by atoms with Gasteiger partial charge < -0.3 is 14.6 Å². The molecule has 1 N–H and O–H groups in total. The van der Waals surface area contributed by atoms with Gasteiger partial charge in [0.2, 0.25) is 0 Å². The van der Waals surface area contributed by atoms with Crippen molar-refractivity contribution in [3.05, 3.63) is 78.4 Å². The number of ether oxygens (including phenoxy) is 1. The van der Waals surface area contributed by atoms with Crippen molar-refractivity contribution < 1.29 is 9.53 Å². The second-order valence-electron chi connectivity index (χ2n) is 7.12. The van der Waals surface area contributed by atoms with E-state index in [2.05, 4.69) is 15.1 Å². The molecule has 30 heavy (non-hydrogen) atoms. The number of fused-ring (bicyclic) bond motifs is 1. The number of carbonyl (C=O) groups excluding carboxylic acids is 1. The number of aromatic nitrogens is 4. The van der Waals surface area contributed by atoms with Crippen molar-refractivity contribution in [2.45, 2.75) is 0 Å². The molecule has 7 nitrogen and oxygen atoms in total. The summed E-state index contributed by atoms with van der Waals surface area (Å²) in [6, 6.07) is 17.6. The van der Waals surface area contributed by atoms with E-state index in [1.54, 1.807) is 10.9 Å². The monoisotopic (exact) mass is 399 g/mol. The lowest BCUT2D eigenvalue weighted by Crippen LogP contribution is -2.41. The Morgan fingerprint density at radius 1 is 1.03 bits per heavy atom. The SMILES string of the molecule is O=C(C(=Cc1cnn(-c2ccccc2)c1)c1nc2ccccc2[nH]1)N1CCOCC1. The van der Waals surface area contributed by atoms with Gasteiger partial charge in [0.1, 0.15) is 5.82 Å². The molecule has 2 aromatic heterocycles. The van der Waals surface area contributed by atoms with Crippen molar-refractivity contribution in [3.63, 3.8) is 0 Å². The predicted octanol–water partition coefficient (Wildman–Crippen LogP) is 3.15. The van der Waals surface area contributed by atoms with Crippen LogP contribution in [0.1, 0.15) is 11.4 Å². The molecule has 1 amide bonds. The average Bonchev–Trinajstić information content (AvgIpc) is 3.45. The molecule has 4 aromatic rings. The standard InChI is InChI=1S/C23H21N5O2/c29-23(27-10-12-30-13-11-27)19(22-25-20-8-4-5-9-21(20)26-22)14-17-15-24-28(16-17)18-6-2-1-3-7-18/h1-9,14-16H,10-13H2,(H,25,26). The van der Waals surface area contributed by atoms with Crippen molar-refractivity contribution in [1.82, 2.24) is 24.6 Å².